The summed E-state index contributed by atoms with van der Waals surface area (Å²) in [4.78, 5) is 11.8. The molecule has 0 bridgehead atoms. The Balaban J connectivity index is 2.21. The highest BCUT2D eigenvalue weighted by Crippen LogP contribution is 2.25. The average Bonchev–Trinajstić information content (AvgIpc) is 2.43. The molecule has 0 aliphatic rings. The monoisotopic (exact) mass is 284 g/mol. The highest BCUT2D eigenvalue weighted by molar-refractivity contribution is 5.92. The molecule has 0 amide bonds. The molecule has 0 fully saturated rings. The zero-order valence-corrected chi connectivity index (χ0v) is 12.3. The van der Waals surface area contributed by atoms with Crippen LogP contribution in [0.2, 0.25) is 0 Å². The minimum Gasteiger partial charge on any atom is -0.421 e. The highest BCUT2D eigenvalue weighted by atomic mass is 19.1. The maximum atomic E-state index is 13.9. The van der Waals surface area contributed by atoms with E-state index in [-0.39, 0.29) is 0 Å². The molecule has 2 aromatic rings. The minimum absolute atomic E-state index is 0.419. The van der Waals surface area contributed by atoms with E-state index in [0.29, 0.717) is 11.3 Å². The zero-order valence-electron chi connectivity index (χ0n) is 12.3. The smallest absolute Gasteiger partial charge is 0.372 e. The fourth-order valence-electron chi connectivity index (χ4n) is 2.22. The van der Waals surface area contributed by atoms with Crippen molar-refractivity contribution in [2.45, 2.75) is 20.8 Å². The molecule has 2 rings (SSSR count). The van der Waals surface area contributed by atoms with Crippen LogP contribution in [0.15, 0.2) is 48.3 Å². The van der Waals surface area contributed by atoms with Crippen LogP contribution in [-0.2, 0) is 4.79 Å². The summed E-state index contributed by atoms with van der Waals surface area (Å²) in [5, 5.41) is 0. The van der Waals surface area contributed by atoms with Crippen LogP contribution in [0, 0.1) is 20.8 Å². The number of rotatable bonds is 3. The standard InChI is InChI=1S/C18H17FO2/c1-12-9-13(2)17(14(3)10-12)21-18(20)16(19)11-15-7-5-4-6-8-15/h4-11H,1-3H3/b16-11+. The van der Waals surface area contributed by atoms with Crippen LogP contribution in [0.25, 0.3) is 6.08 Å². The summed E-state index contributed by atoms with van der Waals surface area (Å²) in [5.74, 6) is -1.48. The molecule has 2 nitrogen and oxygen atoms in total. The molecule has 3 heteroatoms. The highest BCUT2D eigenvalue weighted by Gasteiger charge is 2.15. The quantitative estimate of drug-likeness (QED) is 0.470. The average molecular weight is 284 g/mol. The van der Waals surface area contributed by atoms with Gasteiger partial charge in [-0.2, -0.15) is 4.39 Å². The molecule has 0 saturated heterocycles. The number of benzene rings is 2. The molecule has 0 saturated carbocycles. The van der Waals surface area contributed by atoms with Gasteiger partial charge in [-0.25, -0.2) is 4.79 Å². The van der Waals surface area contributed by atoms with E-state index >= 15 is 0 Å². The van der Waals surface area contributed by atoms with Gasteiger partial charge in [-0.15, -0.1) is 0 Å². The first-order valence-electron chi connectivity index (χ1n) is 6.69. The van der Waals surface area contributed by atoms with Gasteiger partial charge in [0.25, 0.3) is 0 Å². The predicted octanol–water partition coefficient (Wildman–Crippen LogP) is 4.53. The van der Waals surface area contributed by atoms with Crippen LogP contribution in [0.4, 0.5) is 4.39 Å². The molecule has 0 aliphatic heterocycles. The summed E-state index contributed by atoms with van der Waals surface area (Å²) >= 11 is 0. The van der Waals surface area contributed by atoms with Crippen LogP contribution in [0.1, 0.15) is 22.3 Å². The fourth-order valence-corrected chi connectivity index (χ4v) is 2.22. The largest absolute Gasteiger partial charge is 0.421 e. The summed E-state index contributed by atoms with van der Waals surface area (Å²) in [6, 6.07) is 12.6. The maximum Gasteiger partial charge on any atom is 0.372 e. The van der Waals surface area contributed by atoms with E-state index in [4.69, 9.17) is 4.74 Å². The van der Waals surface area contributed by atoms with E-state index in [2.05, 4.69) is 0 Å². The van der Waals surface area contributed by atoms with Gasteiger partial charge in [0.1, 0.15) is 5.75 Å². The Morgan fingerprint density at radius 1 is 1.05 bits per heavy atom. The van der Waals surface area contributed by atoms with Crippen molar-refractivity contribution in [2.75, 3.05) is 0 Å². The summed E-state index contributed by atoms with van der Waals surface area (Å²) in [7, 11) is 0. The van der Waals surface area contributed by atoms with Gasteiger partial charge in [-0.1, -0.05) is 48.0 Å². The predicted molar refractivity (Wildman–Crippen MR) is 81.8 cm³/mol. The minimum atomic E-state index is -0.978. The van der Waals surface area contributed by atoms with Crippen molar-refractivity contribution in [1.82, 2.24) is 0 Å². The molecule has 0 unspecified atom stereocenters. The van der Waals surface area contributed by atoms with Gasteiger partial charge in [0.15, 0.2) is 0 Å². The van der Waals surface area contributed by atoms with Gasteiger partial charge < -0.3 is 4.74 Å². The van der Waals surface area contributed by atoms with Crippen molar-refractivity contribution in [3.8, 4) is 5.75 Å². The molecule has 0 spiro atoms. The molecular weight excluding hydrogens is 267 g/mol. The Bertz CT molecular complexity index is 665. The lowest BCUT2D eigenvalue weighted by molar-refractivity contribution is -0.131. The third-order valence-corrected chi connectivity index (χ3v) is 3.09. The van der Waals surface area contributed by atoms with Crippen LogP contribution in [0.5, 0.6) is 5.75 Å². The zero-order chi connectivity index (χ0) is 15.4. The number of ether oxygens (including phenoxy) is 1. The number of carbonyl (C=O) groups excluding carboxylic acids is 1. The molecule has 0 aromatic heterocycles. The lowest BCUT2D eigenvalue weighted by Gasteiger charge is -2.10. The van der Waals surface area contributed by atoms with E-state index in [1.54, 1.807) is 24.3 Å². The summed E-state index contributed by atoms with van der Waals surface area (Å²) < 4.78 is 19.1. The Hall–Kier alpha value is -2.42. The van der Waals surface area contributed by atoms with Crippen LogP contribution in [-0.4, -0.2) is 5.97 Å². The van der Waals surface area contributed by atoms with E-state index < -0.39 is 11.8 Å². The van der Waals surface area contributed by atoms with Crippen molar-refractivity contribution >= 4 is 12.0 Å². The van der Waals surface area contributed by atoms with Crippen molar-refractivity contribution in [2.24, 2.45) is 0 Å². The summed E-state index contributed by atoms with van der Waals surface area (Å²) in [6.07, 6.45) is 1.17. The molecular formula is C18H17FO2. The second kappa shape index (κ2) is 6.35. The Morgan fingerprint density at radius 3 is 2.19 bits per heavy atom. The number of halogens is 1. The molecule has 2 aromatic carbocycles. The molecule has 0 atom stereocenters. The van der Waals surface area contributed by atoms with Gasteiger partial charge in [-0.05, 0) is 43.5 Å². The van der Waals surface area contributed by atoms with Crippen molar-refractivity contribution in [1.29, 1.82) is 0 Å². The summed E-state index contributed by atoms with van der Waals surface area (Å²) in [5.41, 5.74) is 3.32. The van der Waals surface area contributed by atoms with Crippen molar-refractivity contribution in [3.63, 3.8) is 0 Å². The Morgan fingerprint density at radius 2 is 1.62 bits per heavy atom. The fraction of sp³-hybridized carbons (Fsp3) is 0.167. The van der Waals surface area contributed by atoms with Crippen LogP contribution >= 0.6 is 0 Å². The van der Waals surface area contributed by atoms with Gasteiger partial charge in [-0.3, -0.25) is 0 Å². The molecule has 21 heavy (non-hydrogen) atoms. The number of carbonyl (C=O) groups is 1. The third kappa shape index (κ3) is 3.78. The second-order valence-electron chi connectivity index (χ2n) is 5.02. The van der Waals surface area contributed by atoms with E-state index in [9.17, 15) is 9.18 Å². The van der Waals surface area contributed by atoms with Crippen molar-refractivity contribution < 1.29 is 13.9 Å². The van der Waals surface area contributed by atoms with Gasteiger partial charge in [0.2, 0.25) is 5.83 Å². The lowest BCUT2D eigenvalue weighted by atomic mass is 10.1. The van der Waals surface area contributed by atoms with Gasteiger partial charge in [0, 0.05) is 0 Å². The third-order valence-electron chi connectivity index (χ3n) is 3.09. The normalized spacial score (nSPS) is 11.3. The number of hydrogen-bond donors (Lipinski definition) is 0. The number of hydrogen-bond acceptors (Lipinski definition) is 2. The second-order valence-corrected chi connectivity index (χ2v) is 5.02. The summed E-state index contributed by atoms with van der Waals surface area (Å²) in [6.45, 7) is 5.63. The number of esters is 1. The number of aryl methyl sites for hydroxylation is 3. The Labute approximate surface area is 123 Å². The molecule has 0 aliphatic carbocycles. The first kappa shape index (κ1) is 15.0. The molecule has 0 radical (unpaired) electrons. The van der Waals surface area contributed by atoms with Crippen LogP contribution in [0.3, 0.4) is 0 Å². The molecule has 108 valence electrons. The van der Waals surface area contributed by atoms with E-state index in [0.717, 1.165) is 16.7 Å². The SMILES string of the molecule is Cc1cc(C)c(OC(=O)/C(F)=C\c2ccccc2)c(C)c1. The topological polar surface area (TPSA) is 26.3 Å². The van der Waals surface area contributed by atoms with Gasteiger partial charge in [0.05, 0.1) is 0 Å². The molecule has 0 N–H and O–H groups in total. The lowest BCUT2D eigenvalue weighted by Crippen LogP contribution is -2.10. The first-order valence-corrected chi connectivity index (χ1v) is 6.69. The van der Waals surface area contributed by atoms with E-state index in [1.165, 1.54) is 6.08 Å². The first-order chi connectivity index (χ1) is 9.97. The van der Waals surface area contributed by atoms with Crippen molar-refractivity contribution in [3.05, 3.63) is 70.5 Å². The van der Waals surface area contributed by atoms with Crippen LogP contribution < -0.4 is 4.74 Å². The van der Waals surface area contributed by atoms with E-state index in [1.807, 2.05) is 39.0 Å². The Kier molecular flexibility index (Phi) is 4.53. The van der Waals surface area contributed by atoms with Gasteiger partial charge >= 0.3 is 5.97 Å². The molecule has 0 heterocycles. The maximum absolute atomic E-state index is 13.9.